The summed E-state index contributed by atoms with van der Waals surface area (Å²) >= 11 is 0. The van der Waals surface area contributed by atoms with Gasteiger partial charge in [-0.1, -0.05) is 42.0 Å². The summed E-state index contributed by atoms with van der Waals surface area (Å²) in [5.74, 6) is -0.933. The molecule has 3 rings (SSSR count). The number of aryl methyl sites for hydroxylation is 2. The van der Waals surface area contributed by atoms with E-state index in [2.05, 4.69) is 41.6 Å². The number of aromatic nitrogens is 2. The highest BCUT2D eigenvalue weighted by molar-refractivity contribution is 6.07. The van der Waals surface area contributed by atoms with Gasteiger partial charge in [0, 0.05) is 17.3 Å². The van der Waals surface area contributed by atoms with Crippen LogP contribution in [-0.2, 0) is 11.3 Å². The quantitative estimate of drug-likeness (QED) is 0.632. The summed E-state index contributed by atoms with van der Waals surface area (Å²) < 4.78 is 1.93. The second kappa shape index (κ2) is 8.56. The van der Waals surface area contributed by atoms with Gasteiger partial charge in [-0.3, -0.25) is 14.3 Å². The Morgan fingerprint density at radius 3 is 2.45 bits per heavy atom. The van der Waals surface area contributed by atoms with Crippen molar-refractivity contribution < 1.29 is 9.59 Å². The number of benzene rings is 2. The van der Waals surface area contributed by atoms with E-state index in [1.807, 2.05) is 18.5 Å². The van der Waals surface area contributed by atoms with Gasteiger partial charge in [-0.2, -0.15) is 5.10 Å². The first kappa shape index (κ1) is 20.1. The van der Waals surface area contributed by atoms with Gasteiger partial charge in [0.15, 0.2) is 0 Å². The summed E-state index contributed by atoms with van der Waals surface area (Å²) in [5.41, 5.74) is 11.1. The van der Waals surface area contributed by atoms with Crippen molar-refractivity contribution in [1.82, 2.24) is 9.78 Å². The maximum absolute atomic E-state index is 12.3. The van der Waals surface area contributed by atoms with Gasteiger partial charge in [0.1, 0.15) is 0 Å². The molecule has 29 heavy (non-hydrogen) atoms. The summed E-state index contributed by atoms with van der Waals surface area (Å²) in [5, 5.41) is 7.30. The molecule has 0 aliphatic carbocycles. The van der Waals surface area contributed by atoms with Gasteiger partial charge >= 0.3 is 0 Å². The molecule has 6 nitrogen and oxygen atoms in total. The SMILES string of the molecule is Cc1ccc(Cn2nc(C)c(/C=C/C(=O)Nc3ccccc3C(N)=O)c2C)cc1. The normalized spacial score (nSPS) is 11.0. The van der Waals surface area contributed by atoms with Gasteiger partial charge in [0.05, 0.1) is 23.5 Å². The van der Waals surface area contributed by atoms with E-state index in [0.717, 1.165) is 22.5 Å². The molecule has 3 N–H and O–H groups in total. The summed E-state index contributed by atoms with van der Waals surface area (Å²) in [7, 11) is 0. The Labute approximate surface area is 170 Å². The lowest BCUT2D eigenvalue weighted by atomic mass is 10.1. The van der Waals surface area contributed by atoms with Crippen molar-refractivity contribution in [3.8, 4) is 0 Å². The topological polar surface area (TPSA) is 90.0 Å². The highest BCUT2D eigenvalue weighted by Gasteiger charge is 2.11. The number of para-hydroxylation sites is 1. The van der Waals surface area contributed by atoms with E-state index in [0.29, 0.717) is 12.2 Å². The third kappa shape index (κ3) is 4.79. The van der Waals surface area contributed by atoms with Crippen LogP contribution >= 0.6 is 0 Å². The third-order valence-electron chi connectivity index (χ3n) is 4.74. The number of primary amides is 1. The standard InChI is InChI=1S/C23H24N4O2/c1-15-8-10-18(11-9-15)14-27-17(3)19(16(2)26-27)12-13-22(28)25-21-7-5-4-6-20(21)23(24)29/h4-13H,14H2,1-3H3,(H2,24,29)(H,25,28)/b13-12+. The van der Waals surface area contributed by atoms with E-state index in [1.54, 1.807) is 30.3 Å². The van der Waals surface area contributed by atoms with Crippen LogP contribution in [0.15, 0.2) is 54.6 Å². The number of amides is 2. The molecule has 1 aromatic heterocycles. The van der Waals surface area contributed by atoms with E-state index in [1.165, 1.54) is 11.6 Å². The predicted octanol–water partition coefficient (Wildman–Crippen LogP) is 3.61. The fourth-order valence-electron chi connectivity index (χ4n) is 3.11. The molecule has 0 saturated heterocycles. The third-order valence-corrected chi connectivity index (χ3v) is 4.74. The lowest BCUT2D eigenvalue weighted by molar-refractivity contribution is -0.111. The number of carbonyl (C=O) groups is 2. The molecule has 0 fully saturated rings. The van der Waals surface area contributed by atoms with Crippen molar-refractivity contribution in [2.24, 2.45) is 5.73 Å². The lowest BCUT2D eigenvalue weighted by Gasteiger charge is -2.06. The fourth-order valence-corrected chi connectivity index (χ4v) is 3.11. The zero-order chi connectivity index (χ0) is 21.0. The molecule has 0 atom stereocenters. The average molecular weight is 388 g/mol. The van der Waals surface area contributed by atoms with Crippen LogP contribution in [0.25, 0.3) is 6.08 Å². The largest absolute Gasteiger partial charge is 0.366 e. The molecule has 0 spiro atoms. The molecule has 2 amide bonds. The molecular weight excluding hydrogens is 364 g/mol. The monoisotopic (exact) mass is 388 g/mol. The molecule has 0 saturated carbocycles. The van der Waals surface area contributed by atoms with Crippen molar-refractivity contribution >= 4 is 23.6 Å². The molecule has 0 bridgehead atoms. The zero-order valence-corrected chi connectivity index (χ0v) is 16.8. The van der Waals surface area contributed by atoms with Crippen molar-refractivity contribution in [2.75, 3.05) is 5.32 Å². The van der Waals surface area contributed by atoms with Gasteiger partial charge in [-0.15, -0.1) is 0 Å². The average Bonchev–Trinajstić information content (AvgIpc) is 2.95. The first-order chi connectivity index (χ1) is 13.8. The highest BCUT2D eigenvalue weighted by Crippen LogP contribution is 2.18. The van der Waals surface area contributed by atoms with Gasteiger partial charge < -0.3 is 11.1 Å². The Hall–Kier alpha value is -3.67. The number of rotatable bonds is 6. The van der Waals surface area contributed by atoms with Crippen LogP contribution in [0.4, 0.5) is 5.69 Å². The van der Waals surface area contributed by atoms with E-state index in [4.69, 9.17) is 5.73 Å². The van der Waals surface area contributed by atoms with Crippen molar-refractivity contribution in [3.05, 3.63) is 88.2 Å². The van der Waals surface area contributed by atoms with Crippen LogP contribution < -0.4 is 11.1 Å². The number of nitrogens with zero attached hydrogens (tertiary/aromatic N) is 2. The van der Waals surface area contributed by atoms with Crippen LogP contribution in [0.2, 0.25) is 0 Å². The number of nitrogens with two attached hydrogens (primary N) is 1. The lowest BCUT2D eigenvalue weighted by Crippen LogP contribution is -2.16. The van der Waals surface area contributed by atoms with Gasteiger partial charge in [0.25, 0.3) is 5.91 Å². The van der Waals surface area contributed by atoms with Crippen LogP contribution in [0.1, 0.15) is 38.4 Å². The Bertz CT molecular complexity index is 1080. The second-order valence-electron chi connectivity index (χ2n) is 6.96. The van der Waals surface area contributed by atoms with Gasteiger partial charge in [-0.05, 0) is 44.5 Å². The predicted molar refractivity (Wildman–Crippen MR) is 115 cm³/mol. The Morgan fingerprint density at radius 1 is 1.07 bits per heavy atom. The van der Waals surface area contributed by atoms with Gasteiger partial charge in [0.2, 0.25) is 5.91 Å². The molecule has 3 aromatic rings. The van der Waals surface area contributed by atoms with Crippen LogP contribution in [0.5, 0.6) is 0 Å². The molecule has 2 aromatic carbocycles. The van der Waals surface area contributed by atoms with Crippen molar-refractivity contribution in [3.63, 3.8) is 0 Å². The molecule has 148 valence electrons. The minimum absolute atomic E-state index is 0.271. The minimum atomic E-state index is -0.589. The van der Waals surface area contributed by atoms with Crippen LogP contribution in [0, 0.1) is 20.8 Å². The van der Waals surface area contributed by atoms with E-state index >= 15 is 0 Å². The Morgan fingerprint density at radius 2 is 1.76 bits per heavy atom. The Kier molecular flexibility index (Phi) is 5.93. The van der Waals surface area contributed by atoms with Crippen LogP contribution in [-0.4, -0.2) is 21.6 Å². The number of anilines is 1. The molecule has 0 aliphatic rings. The fraction of sp³-hybridized carbons (Fsp3) is 0.174. The van der Waals surface area contributed by atoms with Crippen LogP contribution in [0.3, 0.4) is 0 Å². The van der Waals surface area contributed by atoms with Gasteiger partial charge in [-0.25, -0.2) is 0 Å². The van der Waals surface area contributed by atoms with E-state index < -0.39 is 5.91 Å². The first-order valence-corrected chi connectivity index (χ1v) is 9.32. The number of hydrogen-bond acceptors (Lipinski definition) is 3. The molecule has 0 aliphatic heterocycles. The minimum Gasteiger partial charge on any atom is -0.366 e. The maximum Gasteiger partial charge on any atom is 0.250 e. The number of hydrogen-bond donors (Lipinski definition) is 2. The Balaban J connectivity index is 1.75. The number of carbonyl (C=O) groups excluding carboxylic acids is 2. The summed E-state index contributed by atoms with van der Waals surface area (Å²) in [6.07, 6.45) is 3.18. The summed E-state index contributed by atoms with van der Waals surface area (Å²) in [4.78, 5) is 23.8. The second-order valence-corrected chi connectivity index (χ2v) is 6.96. The van der Waals surface area contributed by atoms with Crippen molar-refractivity contribution in [1.29, 1.82) is 0 Å². The zero-order valence-electron chi connectivity index (χ0n) is 16.8. The highest BCUT2D eigenvalue weighted by atomic mass is 16.2. The smallest absolute Gasteiger partial charge is 0.250 e. The molecule has 6 heteroatoms. The molecule has 0 radical (unpaired) electrons. The maximum atomic E-state index is 12.3. The summed E-state index contributed by atoms with van der Waals surface area (Å²) in [6.45, 7) is 6.62. The van der Waals surface area contributed by atoms with Crippen molar-refractivity contribution in [2.45, 2.75) is 27.3 Å². The van der Waals surface area contributed by atoms with E-state index in [-0.39, 0.29) is 11.5 Å². The number of nitrogens with one attached hydrogen (secondary N) is 1. The first-order valence-electron chi connectivity index (χ1n) is 9.32. The molecular formula is C23H24N4O2. The molecule has 1 heterocycles. The molecule has 0 unspecified atom stereocenters. The van der Waals surface area contributed by atoms with E-state index in [9.17, 15) is 9.59 Å². The summed E-state index contributed by atoms with van der Waals surface area (Å²) in [6, 6.07) is 15.0.